The van der Waals surface area contributed by atoms with Gasteiger partial charge in [0.05, 0.1) is 5.69 Å². The molecular weight excluding hydrogens is 352 g/mol. The maximum absolute atomic E-state index is 12.2. The molecule has 3 aromatic rings. The Morgan fingerprint density at radius 2 is 2.09 bits per heavy atom. The summed E-state index contributed by atoms with van der Waals surface area (Å²) in [4.78, 5) is 31.0. The Hall–Kier alpha value is -2.68. The largest absolute Gasteiger partial charge is 0.356 e. The fourth-order valence-electron chi connectivity index (χ4n) is 2.00. The van der Waals surface area contributed by atoms with Crippen LogP contribution in [0.3, 0.4) is 0 Å². The molecule has 112 valence electrons. The van der Waals surface area contributed by atoms with Gasteiger partial charge < -0.3 is 4.98 Å². The molecule has 22 heavy (non-hydrogen) atoms. The van der Waals surface area contributed by atoms with Crippen molar-refractivity contribution in [1.82, 2.24) is 30.4 Å². The third-order valence-electron chi connectivity index (χ3n) is 2.98. The molecule has 0 unspecified atom stereocenters. The summed E-state index contributed by atoms with van der Waals surface area (Å²) < 4.78 is 2.25. The molecule has 3 heterocycles. The van der Waals surface area contributed by atoms with Crippen molar-refractivity contribution in [3.05, 3.63) is 52.1 Å². The van der Waals surface area contributed by atoms with Gasteiger partial charge in [0.15, 0.2) is 5.65 Å². The van der Waals surface area contributed by atoms with Gasteiger partial charge in [-0.05, 0) is 35.0 Å². The van der Waals surface area contributed by atoms with Gasteiger partial charge in [0.25, 0.3) is 11.8 Å². The van der Waals surface area contributed by atoms with Gasteiger partial charge in [-0.1, -0.05) is 0 Å². The van der Waals surface area contributed by atoms with Crippen LogP contribution in [0.1, 0.15) is 26.5 Å². The van der Waals surface area contributed by atoms with Crippen molar-refractivity contribution in [2.24, 2.45) is 0 Å². The first kappa shape index (κ1) is 14.3. The van der Waals surface area contributed by atoms with Gasteiger partial charge in [-0.3, -0.25) is 20.4 Å². The highest BCUT2D eigenvalue weighted by Crippen LogP contribution is 2.12. The Balaban J connectivity index is 1.76. The van der Waals surface area contributed by atoms with Gasteiger partial charge >= 0.3 is 0 Å². The summed E-state index contributed by atoms with van der Waals surface area (Å²) in [5.74, 6) is -0.939. The first-order chi connectivity index (χ1) is 10.6. The molecule has 0 radical (unpaired) electrons. The topological polar surface area (TPSA) is 104 Å². The van der Waals surface area contributed by atoms with Gasteiger partial charge in [-0.2, -0.15) is 5.10 Å². The monoisotopic (exact) mass is 362 g/mol. The molecule has 0 fully saturated rings. The highest BCUT2D eigenvalue weighted by molar-refractivity contribution is 9.10. The van der Waals surface area contributed by atoms with Crippen LogP contribution in [-0.2, 0) is 0 Å². The second kappa shape index (κ2) is 5.60. The summed E-state index contributed by atoms with van der Waals surface area (Å²) in [7, 11) is 0. The van der Waals surface area contributed by atoms with Crippen molar-refractivity contribution in [3.8, 4) is 0 Å². The van der Waals surface area contributed by atoms with E-state index in [1.807, 2.05) is 0 Å². The molecule has 0 aliphatic heterocycles. The third-order valence-corrected chi connectivity index (χ3v) is 3.44. The van der Waals surface area contributed by atoms with E-state index in [1.54, 1.807) is 37.6 Å². The molecule has 9 heteroatoms. The van der Waals surface area contributed by atoms with Crippen LogP contribution in [0.15, 0.2) is 35.2 Å². The maximum Gasteiger partial charge on any atom is 0.286 e. The van der Waals surface area contributed by atoms with E-state index in [0.29, 0.717) is 22.6 Å². The Bertz CT molecular complexity index is 868. The average Bonchev–Trinajstić information content (AvgIpc) is 3.07. The number of nitrogens with zero attached hydrogens (tertiary/aromatic N) is 3. The number of amides is 2. The van der Waals surface area contributed by atoms with Crippen molar-refractivity contribution >= 4 is 33.4 Å². The molecule has 0 saturated carbocycles. The number of hydrogen-bond acceptors (Lipinski definition) is 4. The predicted molar refractivity (Wildman–Crippen MR) is 81.1 cm³/mol. The fourth-order valence-corrected chi connectivity index (χ4v) is 2.35. The van der Waals surface area contributed by atoms with Crippen LogP contribution in [0.25, 0.3) is 5.65 Å². The number of aryl methyl sites for hydroxylation is 1. The number of fused-ring (bicyclic) bond motifs is 1. The zero-order chi connectivity index (χ0) is 15.7. The molecule has 0 saturated heterocycles. The lowest BCUT2D eigenvalue weighted by Gasteiger charge is -2.05. The van der Waals surface area contributed by atoms with Crippen LogP contribution < -0.4 is 10.9 Å². The summed E-state index contributed by atoms with van der Waals surface area (Å²) in [6.45, 7) is 1.70. The maximum atomic E-state index is 12.2. The van der Waals surface area contributed by atoms with E-state index in [2.05, 4.69) is 41.8 Å². The molecule has 3 aromatic heterocycles. The molecule has 0 spiro atoms. The second-order valence-corrected chi connectivity index (χ2v) is 5.40. The molecule has 0 aliphatic rings. The number of rotatable bonds is 2. The molecule has 0 aliphatic carbocycles. The first-order valence-corrected chi connectivity index (χ1v) is 7.10. The fraction of sp³-hybridized carbons (Fsp3) is 0.0769. The zero-order valence-electron chi connectivity index (χ0n) is 11.4. The van der Waals surface area contributed by atoms with Crippen LogP contribution in [0.5, 0.6) is 0 Å². The van der Waals surface area contributed by atoms with Gasteiger partial charge in [0.1, 0.15) is 11.3 Å². The van der Waals surface area contributed by atoms with Crippen molar-refractivity contribution in [3.63, 3.8) is 0 Å². The molecule has 0 aromatic carbocycles. The van der Waals surface area contributed by atoms with Gasteiger partial charge in [0.2, 0.25) is 0 Å². The van der Waals surface area contributed by atoms with Crippen LogP contribution in [-0.4, -0.2) is 31.4 Å². The van der Waals surface area contributed by atoms with Crippen molar-refractivity contribution in [1.29, 1.82) is 0 Å². The molecule has 0 atom stereocenters. The Morgan fingerprint density at radius 3 is 2.82 bits per heavy atom. The number of carbonyl (C=O) groups is 2. The Labute approximate surface area is 133 Å². The van der Waals surface area contributed by atoms with Crippen molar-refractivity contribution < 1.29 is 9.59 Å². The van der Waals surface area contributed by atoms with Crippen molar-refractivity contribution in [2.75, 3.05) is 0 Å². The summed E-state index contributed by atoms with van der Waals surface area (Å²) in [5, 5.41) is 4.19. The Kier molecular flexibility index (Phi) is 3.63. The number of H-pyrrole nitrogens is 1. The SMILES string of the molecule is Cc1nn2cccnc2c1C(=O)NNC(=O)c1cc(Br)c[nH]1. The van der Waals surface area contributed by atoms with E-state index < -0.39 is 11.8 Å². The first-order valence-electron chi connectivity index (χ1n) is 6.31. The number of aromatic amines is 1. The molecule has 2 amide bonds. The van der Waals surface area contributed by atoms with Gasteiger partial charge in [-0.25, -0.2) is 9.50 Å². The summed E-state index contributed by atoms with van der Waals surface area (Å²) in [5.41, 5.74) is 6.28. The number of hydrogen-bond donors (Lipinski definition) is 3. The third kappa shape index (κ3) is 2.58. The van der Waals surface area contributed by atoms with Crippen LogP contribution in [0.2, 0.25) is 0 Å². The molecule has 3 rings (SSSR count). The molecular formula is C13H11BrN6O2. The minimum Gasteiger partial charge on any atom is -0.356 e. The van der Waals surface area contributed by atoms with E-state index in [0.717, 1.165) is 4.47 Å². The van der Waals surface area contributed by atoms with E-state index in [1.165, 1.54) is 4.52 Å². The van der Waals surface area contributed by atoms with Gasteiger partial charge in [0, 0.05) is 23.1 Å². The number of halogens is 1. The standard InChI is InChI=1S/C13H11BrN6O2/c1-7-10(11-15-3-2-4-20(11)19-7)13(22)18-17-12(21)9-5-8(14)6-16-9/h2-6,16H,1H3,(H,17,21)(H,18,22). The quantitative estimate of drug-likeness (QED) is 0.595. The summed E-state index contributed by atoms with van der Waals surface area (Å²) in [6, 6.07) is 3.32. The molecule has 3 N–H and O–H groups in total. The second-order valence-electron chi connectivity index (χ2n) is 4.49. The lowest BCUT2D eigenvalue weighted by Crippen LogP contribution is -2.42. The number of aromatic nitrogens is 4. The summed E-state index contributed by atoms with van der Waals surface area (Å²) >= 11 is 3.23. The lowest BCUT2D eigenvalue weighted by molar-refractivity contribution is 0.0844. The predicted octanol–water partition coefficient (Wildman–Crippen LogP) is 1.20. The lowest BCUT2D eigenvalue weighted by atomic mass is 10.2. The van der Waals surface area contributed by atoms with Crippen LogP contribution in [0.4, 0.5) is 0 Å². The number of hydrazine groups is 1. The van der Waals surface area contributed by atoms with Crippen LogP contribution in [0, 0.1) is 6.92 Å². The van der Waals surface area contributed by atoms with E-state index in [9.17, 15) is 9.59 Å². The zero-order valence-corrected chi connectivity index (χ0v) is 13.0. The highest BCUT2D eigenvalue weighted by Gasteiger charge is 2.19. The van der Waals surface area contributed by atoms with Crippen molar-refractivity contribution in [2.45, 2.75) is 6.92 Å². The molecule has 0 bridgehead atoms. The number of carbonyl (C=O) groups excluding carboxylic acids is 2. The highest BCUT2D eigenvalue weighted by atomic mass is 79.9. The van der Waals surface area contributed by atoms with E-state index >= 15 is 0 Å². The minimum absolute atomic E-state index is 0.313. The average molecular weight is 363 g/mol. The number of nitrogens with one attached hydrogen (secondary N) is 3. The molecule has 8 nitrogen and oxygen atoms in total. The smallest absolute Gasteiger partial charge is 0.286 e. The minimum atomic E-state index is -0.481. The Morgan fingerprint density at radius 1 is 1.32 bits per heavy atom. The van der Waals surface area contributed by atoms with Crippen LogP contribution >= 0.6 is 15.9 Å². The summed E-state index contributed by atoms with van der Waals surface area (Å²) in [6.07, 6.45) is 4.89. The van der Waals surface area contributed by atoms with E-state index in [4.69, 9.17) is 0 Å². The van der Waals surface area contributed by atoms with E-state index in [-0.39, 0.29) is 0 Å². The normalized spacial score (nSPS) is 10.6. The van der Waals surface area contributed by atoms with Gasteiger partial charge in [-0.15, -0.1) is 0 Å².